The number of piperidine rings is 1. The summed E-state index contributed by atoms with van der Waals surface area (Å²) < 4.78 is 1.69. The summed E-state index contributed by atoms with van der Waals surface area (Å²) >= 11 is 1.78. The van der Waals surface area contributed by atoms with E-state index in [0.717, 1.165) is 50.1 Å². The van der Waals surface area contributed by atoms with Crippen molar-refractivity contribution in [2.75, 3.05) is 32.9 Å². The van der Waals surface area contributed by atoms with E-state index < -0.39 is 0 Å². The van der Waals surface area contributed by atoms with E-state index in [0.29, 0.717) is 6.04 Å². The van der Waals surface area contributed by atoms with Crippen LogP contribution in [-0.4, -0.2) is 69.5 Å². The summed E-state index contributed by atoms with van der Waals surface area (Å²) in [4.78, 5) is 22.6. The van der Waals surface area contributed by atoms with E-state index in [2.05, 4.69) is 52.6 Å². The maximum Gasteiger partial charge on any atom is 0.253 e. The summed E-state index contributed by atoms with van der Waals surface area (Å²) in [6, 6.07) is 17.0. The Morgan fingerprint density at radius 2 is 1.81 bits per heavy atom. The molecule has 2 heterocycles. The summed E-state index contributed by atoms with van der Waals surface area (Å²) in [5, 5.41) is 4.12. The highest BCUT2D eigenvalue weighted by molar-refractivity contribution is 7.98. The van der Waals surface area contributed by atoms with Gasteiger partial charge in [0.25, 0.3) is 5.91 Å². The summed E-state index contributed by atoms with van der Waals surface area (Å²) in [6.07, 6.45) is 8.35. The number of hydrogen-bond acceptors (Lipinski definition) is 5. The molecule has 6 nitrogen and oxygen atoms in total. The summed E-state index contributed by atoms with van der Waals surface area (Å²) in [6.45, 7) is 2.66. The molecule has 1 aliphatic rings. The molecule has 0 unspecified atom stereocenters. The topological polar surface area (TPSA) is 54.3 Å². The monoisotopic (exact) mass is 435 g/mol. The lowest BCUT2D eigenvalue weighted by Crippen LogP contribution is -2.46. The molecule has 0 spiro atoms. The zero-order chi connectivity index (χ0) is 21.6. The lowest BCUT2D eigenvalue weighted by Gasteiger charge is -2.37. The second-order valence-corrected chi connectivity index (χ2v) is 8.87. The zero-order valence-corrected chi connectivity index (χ0v) is 19.0. The third kappa shape index (κ3) is 5.35. The van der Waals surface area contributed by atoms with Crippen molar-refractivity contribution in [1.82, 2.24) is 24.6 Å². The van der Waals surface area contributed by atoms with E-state index in [-0.39, 0.29) is 5.91 Å². The van der Waals surface area contributed by atoms with Crippen molar-refractivity contribution in [2.45, 2.75) is 30.2 Å². The predicted molar refractivity (Wildman–Crippen MR) is 125 cm³/mol. The third-order valence-corrected chi connectivity index (χ3v) is 6.83. The summed E-state index contributed by atoms with van der Waals surface area (Å²) in [7, 11) is 2.21. The van der Waals surface area contributed by atoms with Crippen molar-refractivity contribution in [3.8, 4) is 5.69 Å². The van der Waals surface area contributed by atoms with Crippen LogP contribution < -0.4 is 0 Å². The number of rotatable bonds is 7. The van der Waals surface area contributed by atoms with Crippen LogP contribution in [0.3, 0.4) is 0 Å². The first-order valence-electron chi connectivity index (χ1n) is 10.7. The Labute approximate surface area is 188 Å². The maximum atomic E-state index is 12.9. The van der Waals surface area contributed by atoms with Gasteiger partial charge in [-0.15, -0.1) is 11.8 Å². The standard InChI is InChI=1S/C24H29N5OS/c1-27(14-11-19-3-9-23(31-2)10-4-19)21-12-15-28(16-13-21)24(30)20-5-7-22(8-6-20)29-18-25-17-26-29/h3-10,17-18,21H,11-16H2,1-2H3. The van der Waals surface area contributed by atoms with E-state index >= 15 is 0 Å². The molecular formula is C24H29N5OS. The largest absolute Gasteiger partial charge is 0.339 e. The van der Waals surface area contributed by atoms with Gasteiger partial charge in [-0.05, 0) is 74.5 Å². The van der Waals surface area contributed by atoms with Crippen LogP contribution in [0.5, 0.6) is 0 Å². The van der Waals surface area contributed by atoms with Crippen LogP contribution in [0.15, 0.2) is 66.1 Å². The Bertz CT molecular complexity index is 964. The number of benzene rings is 2. The second-order valence-electron chi connectivity index (χ2n) is 7.99. The Hall–Kier alpha value is -2.64. The Morgan fingerprint density at radius 3 is 2.42 bits per heavy atom. The van der Waals surface area contributed by atoms with E-state index in [4.69, 9.17) is 0 Å². The SMILES string of the molecule is CSc1ccc(CCN(C)C2CCN(C(=O)c3ccc(-n4cncn4)cc3)CC2)cc1. The summed E-state index contributed by atoms with van der Waals surface area (Å²) in [5.41, 5.74) is 3.01. The lowest BCUT2D eigenvalue weighted by molar-refractivity contribution is 0.0647. The van der Waals surface area contributed by atoms with Gasteiger partial charge in [0.05, 0.1) is 5.69 Å². The number of carbonyl (C=O) groups excluding carboxylic acids is 1. The fourth-order valence-electron chi connectivity index (χ4n) is 4.07. The predicted octanol–water partition coefficient (Wildman–Crippen LogP) is 3.77. The van der Waals surface area contributed by atoms with Crippen LogP contribution in [0.2, 0.25) is 0 Å². The van der Waals surface area contributed by atoms with E-state index in [9.17, 15) is 4.79 Å². The molecular weight excluding hydrogens is 406 g/mol. The fourth-order valence-corrected chi connectivity index (χ4v) is 4.48. The van der Waals surface area contributed by atoms with Crippen molar-refractivity contribution in [2.24, 2.45) is 0 Å². The number of nitrogens with zero attached hydrogens (tertiary/aromatic N) is 5. The molecule has 0 bridgehead atoms. The van der Waals surface area contributed by atoms with Crippen molar-refractivity contribution in [1.29, 1.82) is 0 Å². The van der Waals surface area contributed by atoms with Crippen molar-refractivity contribution in [3.05, 3.63) is 72.3 Å². The molecule has 162 valence electrons. The average molecular weight is 436 g/mol. The van der Waals surface area contributed by atoms with E-state index in [1.165, 1.54) is 16.8 Å². The molecule has 0 saturated carbocycles. The number of thioether (sulfide) groups is 1. The average Bonchev–Trinajstić information content (AvgIpc) is 3.38. The molecule has 1 aliphatic heterocycles. The van der Waals surface area contributed by atoms with Gasteiger partial charge >= 0.3 is 0 Å². The molecule has 0 N–H and O–H groups in total. The Kier molecular flexibility index (Phi) is 7.04. The molecule has 0 radical (unpaired) electrons. The van der Waals surface area contributed by atoms with Crippen molar-refractivity contribution in [3.63, 3.8) is 0 Å². The smallest absolute Gasteiger partial charge is 0.253 e. The third-order valence-electron chi connectivity index (χ3n) is 6.08. The number of aromatic nitrogens is 3. The van der Waals surface area contributed by atoms with E-state index in [1.54, 1.807) is 22.8 Å². The van der Waals surface area contributed by atoms with Crippen LogP contribution in [0.1, 0.15) is 28.8 Å². The quantitative estimate of drug-likeness (QED) is 0.529. The highest BCUT2D eigenvalue weighted by Gasteiger charge is 2.25. The van der Waals surface area contributed by atoms with Crippen molar-refractivity contribution >= 4 is 17.7 Å². The van der Waals surface area contributed by atoms with Crippen LogP contribution >= 0.6 is 11.8 Å². The molecule has 1 aromatic heterocycles. The van der Waals surface area contributed by atoms with Crippen LogP contribution in [0.4, 0.5) is 0 Å². The van der Waals surface area contributed by atoms with Gasteiger partial charge in [0.15, 0.2) is 0 Å². The Morgan fingerprint density at radius 1 is 1.10 bits per heavy atom. The molecule has 1 fully saturated rings. The number of amides is 1. The van der Waals surface area contributed by atoms with Gasteiger partial charge < -0.3 is 9.80 Å². The molecule has 0 aliphatic carbocycles. The van der Waals surface area contributed by atoms with E-state index in [1.807, 2.05) is 29.2 Å². The van der Waals surface area contributed by atoms with Gasteiger partial charge in [-0.2, -0.15) is 5.10 Å². The molecule has 7 heteroatoms. The first-order chi connectivity index (χ1) is 15.1. The number of hydrogen-bond donors (Lipinski definition) is 0. The van der Waals surface area contributed by atoms with Gasteiger partial charge in [-0.25, -0.2) is 9.67 Å². The summed E-state index contributed by atoms with van der Waals surface area (Å²) in [5.74, 6) is 0.111. The maximum absolute atomic E-state index is 12.9. The van der Waals surface area contributed by atoms with Crippen LogP contribution in [0, 0.1) is 0 Å². The molecule has 1 saturated heterocycles. The highest BCUT2D eigenvalue weighted by Crippen LogP contribution is 2.20. The minimum absolute atomic E-state index is 0.111. The molecule has 4 rings (SSSR count). The molecule has 1 amide bonds. The molecule has 3 aromatic rings. The molecule has 0 atom stereocenters. The molecule has 31 heavy (non-hydrogen) atoms. The Balaban J connectivity index is 1.26. The van der Waals surface area contributed by atoms with Crippen LogP contribution in [0.25, 0.3) is 5.69 Å². The van der Waals surface area contributed by atoms with Gasteiger partial charge in [-0.3, -0.25) is 4.79 Å². The van der Waals surface area contributed by atoms with Gasteiger partial charge in [0.1, 0.15) is 12.7 Å². The number of likely N-dealkylation sites (N-methyl/N-ethyl adjacent to an activating group) is 1. The number of likely N-dealkylation sites (tertiary alicyclic amines) is 1. The van der Waals surface area contributed by atoms with Gasteiger partial charge in [0, 0.05) is 36.1 Å². The highest BCUT2D eigenvalue weighted by atomic mass is 32.2. The zero-order valence-electron chi connectivity index (χ0n) is 18.1. The van der Waals surface area contributed by atoms with Gasteiger partial charge in [0.2, 0.25) is 0 Å². The van der Waals surface area contributed by atoms with Gasteiger partial charge in [-0.1, -0.05) is 12.1 Å². The lowest BCUT2D eigenvalue weighted by atomic mass is 10.0. The minimum Gasteiger partial charge on any atom is -0.339 e. The fraction of sp³-hybridized carbons (Fsp3) is 0.375. The van der Waals surface area contributed by atoms with Crippen molar-refractivity contribution < 1.29 is 4.79 Å². The first-order valence-corrected chi connectivity index (χ1v) is 11.9. The second kappa shape index (κ2) is 10.1. The first kappa shape index (κ1) is 21.6. The number of carbonyl (C=O) groups is 1. The van der Waals surface area contributed by atoms with Crippen LogP contribution in [-0.2, 0) is 6.42 Å². The minimum atomic E-state index is 0.111. The molecule has 2 aromatic carbocycles. The normalized spacial score (nSPS) is 14.9.